The molecule has 4 aromatic rings. The first-order valence-electron chi connectivity index (χ1n) is 9.36. The van der Waals surface area contributed by atoms with E-state index in [9.17, 15) is 14.9 Å². The first kappa shape index (κ1) is 22.0. The number of aromatic nitrogens is 1. The molecule has 160 valence electrons. The van der Waals surface area contributed by atoms with Crippen molar-refractivity contribution in [3.05, 3.63) is 97.0 Å². The van der Waals surface area contributed by atoms with Gasteiger partial charge in [0.25, 0.3) is 11.6 Å². The van der Waals surface area contributed by atoms with E-state index in [1.54, 1.807) is 37.3 Å². The highest BCUT2D eigenvalue weighted by Gasteiger charge is 2.21. The molecule has 6 nitrogen and oxygen atoms in total. The Kier molecular flexibility index (Phi) is 6.02. The number of hydrogen-bond acceptors (Lipinski definition) is 4. The molecule has 0 bridgehead atoms. The number of nitro groups is 1. The zero-order valence-electron chi connectivity index (χ0n) is 16.5. The number of nitro benzene ring substituents is 1. The van der Waals surface area contributed by atoms with Crippen molar-refractivity contribution in [1.29, 1.82) is 0 Å². The van der Waals surface area contributed by atoms with Gasteiger partial charge in [-0.15, -0.1) is 0 Å². The lowest BCUT2D eigenvalue weighted by molar-refractivity contribution is -0.384. The Bertz CT molecular complexity index is 1410. The van der Waals surface area contributed by atoms with Crippen LogP contribution in [-0.2, 0) is 0 Å². The van der Waals surface area contributed by atoms with E-state index in [-0.39, 0.29) is 16.4 Å². The summed E-state index contributed by atoms with van der Waals surface area (Å²) in [6, 6.07) is 16.4. The van der Waals surface area contributed by atoms with Gasteiger partial charge in [-0.05, 0) is 48.9 Å². The number of para-hydroxylation sites is 1. The second-order valence-electron chi connectivity index (χ2n) is 6.98. The predicted octanol–water partition coefficient (Wildman–Crippen LogP) is 7.33. The van der Waals surface area contributed by atoms with E-state index in [2.05, 4.69) is 5.32 Å². The molecule has 1 amide bonds. The first-order chi connectivity index (χ1) is 15.3. The fourth-order valence-electron chi connectivity index (χ4n) is 3.47. The van der Waals surface area contributed by atoms with Gasteiger partial charge in [0, 0.05) is 27.7 Å². The Morgan fingerprint density at radius 3 is 2.47 bits per heavy atom. The number of nitrogens with one attached hydrogen (secondary N) is 1. The highest BCUT2D eigenvalue weighted by atomic mass is 35.5. The van der Waals surface area contributed by atoms with Crippen LogP contribution < -0.4 is 5.32 Å². The maximum atomic E-state index is 13.3. The molecule has 0 radical (unpaired) electrons. The average molecular weight is 487 g/mol. The Balaban J connectivity index is 1.86. The summed E-state index contributed by atoms with van der Waals surface area (Å²) in [7, 11) is 0. The zero-order valence-corrected chi connectivity index (χ0v) is 18.8. The number of hydrogen-bond donors (Lipinski definition) is 1. The normalized spacial score (nSPS) is 10.9. The lowest BCUT2D eigenvalue weighted by atomic mass is 9.97. The molecule has 0 fully saturated rings. The molecule has 0 atom stereocenters. The molecule has 9 heteroatoms. The predicted molar refractivity (Wildman–Crippen MR) is 128 cm³/mol. The third kappa shape index (κ3) is 4.12. The van der Waals surface area contributed by atoms with Gasteiger partial charge in [0.2, 0.25) is 0 Å². The fraction of sp³-hybridized carbons (Fsp3) is 0.0435. The van der Waals surface area contributed by atoms with Crippen LogP contribution in [0.15, 0.2) is 60.7 Å². The summed E-state index contributed by atoms with van der Waals surface area (Å²) < 4.78 is 0. The van der Waals surface area contributed by atoms with Gasteiger partial charge in [-0.25, -0.2) is 4.98 Å². The molecular weight excluding hydrogens is 473 g/mol. The molecule has 0 aliphatic carbocycles. The smallest absolute Gasteiger partial charge is 0.289 e. The molecule has 0 aliphatic heterocycles. The third-order valence-electron chi connectivity index (χ3n) is 4.95. The maximum absolute atomic E-state index is 13.3. The highest BCUT2D eigenvalue weighted by Crippen LogP contribution is 2.35. The number of carbonyl (C=O) groups excluding carboxylic acids is 1. The van der Waals surface area contributed by atoms with Gasteiger partial charge in [0.05, 0.1) is 26.7 Å². The first-order valence-corrected chi connectivity index (χ1v) is 10.5. The van der Waals surface area contributed by atoms with Gasteiger partial charge in [0.1, 0.15) is 5.02 Å². The van der Waals surface area contributed by atoms with E-state index in [0.29, 0.717) is 43.3 Å². The molecule has 0 aliphatic rings. The summed E-state index contributed by atoms with van der Waals surface area (Å²) in [6.07, 6.45) is 0. The average Bonchev–Trinajstić information content (AvgIpc) is 2.74. The van der Waals surface area contributed by atoms with Crippen molar-refractivity contribution in [2.24, 2.45) is 0 Å². The largest absolute Gasteiger partial charge is 0.322 e. The SMILES string of the molecule is Cc1c(-c2ccc(Cl)cc2Cl)nc2ccccc2c1C(=O)Nc1ccc(Cl)c([N+](=O)[O-])c1. The lowest BCUT2D eigenvalue weighted by Gasteiger charge is -2.15. The van der Waals surface area contributed by atoms with Gasteiger partial charge < -0.3 is 5.32 Å². The number of pyridine rings is 1. The molecule has 3 aromatic carbocycles. The maximum Gasteiger partial charge on any atom is 0.289 e. The van der Waals surface area contributed by atoms with Crippen molar-refractivity contribution in [3.63, 3.8) is 0 Å². The topological polar surface area (TPSA) is 85.1 Å². The van der Waals surface area contributed by atoms with Gasteiger partial charge >= 0.3 is 0 Å². The number of benzene rings is 3. The van der Waals surface area contributed by atoms with Crippen LogP contribution in [0.4, 0.5) is 11.4 Å². The van der Waals surface area contributed by atoms with E-state index in [4.69, 9.17) is 39.8 Å². The van der Waals surface area contributed by atoms with Crippen LogP contribution >= 0.6 is 34.8 Å². The van der Waals surface area contributed by atoms with Crippen molar-refractivity contribution < 1.29 is 9.72 Å². The van der Waals surface area contributed by atoms with Crippen LogP contribution in [0.3, 0.4) is 0 Å². The highest BCUT2D eigenvalue weighted by molar-refractivity contribution is 6.36. The van der Waals surface area contributed by atoms with Crippen molar-refractivity contribution >= 4 is 63.0 Å². The number of fused-ring (bicyclic) bond motifs is 1. The number of halogens is 3. The van der Waals surface area contributed by atoms with Crippen LogP contribution in [0.1, 0.15) is 15.9 Å². The molecular formula is C23H14Cl3N3O3. The van der Waals surface area contributed by atoms with E-state index < -0.39 is 10.8 Å². The molecule has 0 saturated carbocycles. The summed E-state index contributed by atoms with van der Waals surface area (Å²) in [5, 5.41) is 15.4. The summed E-state index contributed by atoms with van der Waals surface area (Å²) in [5.41, 5.74) is 2.72. The molecule has 0 saturated heterocycles. The Hall–Kier alpha value is -3.19. The lowest BCUT2D eigenvalue weighted by Crippen LogP contribution is -2.15. The van der Waals surface area contributed by atoms with Crippen LogP contribution in [0.2, 0.25) is 15.1 Å². The molecule has 0 spiro atoms. The van der Waals surface area contributed by atoms with Crippen molar-refractivity contribution in [2.75, 3.05) is 5.32 Å². The minimum Gasteiger partial charge on any atom is -0.322 e. The van der Waals surface area contributed by atoms with Crippen LogP contribution in [0.25, 0.3) is 22.2 Å². The van der Waals surface area contributed by atoms with Crippen LogP contribution in [0, 0.1) is 17.0 Å². The molecule has 1 heterocycles. The monoisotopic (exact) mass is 485 g/mol. The fourth-order valence-corrected chi connectivity index (χ4v) is 4.15. The Morgan fingerprint density at radius 1 is 1.00 bits per heavy atom. The second-order valence-corrected chi connectivity index (χ2v) is 8.23. The third-order valence-corrected chi connectivity index (χ3v) is 5.82. The van der Waals surface area contributed by atoms with Gasteiger partial charge in [0.15, 0.2) is 0 Å². The quantitative estimate of drug-likeness (QED) is 0.242. The van der Waals surface area contributed by atoms with Gasteiger partial charge in [-0.3, -0.25) is 14.9 Å². The Labute approximate surface area is 197 Å². The van der Waals surface area contributed by atoms with Crippen LogP contribution in [-0.4, -0.2) is 15.8 Å². The summed E-state index contributed by atoms with van der Waals surface area (Å²) >= 11 is 18.3. The summed E-state index contributed by atoms with van der Waals surface area (Å²) in [5.74, 6) is -0.441. The van der Waals surface area contributed by atoms with Crippen molar-refractivity contribution in [2.45, 2.75) is 6.92 Å². The second kappa shape index (κ2) is 8.74. The number of amides is 1. The summed E-state index contributed by atoms with van der Waals surface area (Å²) in [6.45, 7) is 1.78. The van der Waals surface area contributed by atoms with E-state index in [0.717, 1.165) is 0 Å². The minimum absolute atomic E-state index is 0.0155. The molecule has 0 unspecified atom stereocenters. The number of anilines is 1. The van der Waals surface area contributed by atoms with E-state index in [1.807, 2.05) is 12.1 Å². The standard InChI is InChI=1S/C23H14Cl3N3O3/c1-12-21(23(30)27-14-7-9-17(25)20(11-14)29(31)32)16-4-2-3-5-19(16)28-22(12)15-8-6-13(24)10-18(15)26/h2-11H,1H3,(H,27,30). The van der Waals surface area contributed by atoms with E-state index in [1.165, 1.54) is 18.2 Å². The van der Waals surface area contributed by atoms with Gasteiger partial charge in [-0.1, -0.05) is 53.0 Å². The van der Waals surface area contributed by atoms with E-state index >= 15 is 0 Å². The number of rotatable bonds is 4. The molecule has 4 rings (SSSR count). The van der Waals surface area contributed by atoms with Gasteiger partial charge in [-0.2, -0.15) is 0 Å². The molecule has 32 heavy (non-hydrogen) atoms. The number of nitrogens with zero attached hydrogens (tertiary/aromatic N) is 2. The van der Waals surface area contributed by atoms with Crippen molar-refractivity contribution in [1.82, 2.24) is 4.98 Å². The minimum atomic E-state index is -0.605. The van der Waals surface area contributed by atoms with Crippen molar-refractivity contribution in [3.8, 4) is 11.3 Å². The Morgan fingerprint density at radius 2 is 1.75 bits per heavy atom. The summed E-state index contributed by atoms with van der Waals surface area (Å²) in [4.78, 5) is 28.7. The molecule has 1 N–H and O–H groups in total. The zero-order chi connectivity index (χ0) is 23.0. The van der Waals surface area contributed by atoms with Crippen LogP contribution in [0.5, 0.6) is 0 Å². The molecule has 1 aromatic heterocycles. The number of carbonyl (C=O) groups is 1.